The first kappa shape index (κ1) is 14.5. The molecule has 0 saturated carbocycles. The van der Waals surface area contributed by atoms with Crippen LogP contribution in [0.5, 0.6) is 0 Å². The van der Waals surface area contributed by atoms with E-state index < -0.39 is 0 Å². The third-order valence-corrected chi connectivity index (χ3v) is 4.70. The molecule has 0 spiro atoms. The van der Waals surface area contributed by atoms with E-state index in [1.165, 1.54) is 6.42 Å². The molecule has 1 aromatic rings. The first-order valence-corrected chi connectivity index (χ1v) is 7.94. The highest BCUT2D eigenvalue weighted by molar-refractivity contribution is 5.82. The lowest BCUT2D eigenvalue weighted by Gasteiger charge is -2.38. The largest absolute Gasteiger partial charge is 0.341 e. The van der Waals surface area contributed by atoms with Crippen LogP contribution in [-0.4, -0.2) is 58.6 Å². The van der Waals surface area contributed by atoms with E-state index in [1.54, 1.807) is 6.92 Å². The normalized spacial score (nSPS) is 27.8. The highest BCUT2D eigenvalue weighted by Crippen LogP contribution is 2.27. The molecule has 0 bridgehead atoms. The van der Waals surface area contributed by atoms with E-state index >= 15 is 0 Å². The molecule has 21 heavy (non-hydrogen) atoms. The third kappa shape index (κ3) is 3.10. The minimum absolute atomic E-state index is 0.0597. The molecule has 1 aromatic heterocycles. The van der Waals surface area contributed by atoms with Crippen molar-refractivity contribution in [2.45, 2.75) is 51.0 Å². The van der Waals surface area contributed by atoms with Crippen LogP contribution in [0.2, 0.25) is 0 Å². The second-order valence-electron chi connectivity index (χ2n) is 6.29. The second kappa shape index (κ2) is 6.13. The van der Waals surface area contributed by atoms with Crippen molar-refractivity contribution < 1.29 is 9.32 Å². The summed E-state index contributed by atoms with van der Waals surface area (Å²) in [4.78, 5) is 21.3. The van der Waals surface area contributed by atoms with Crippen molar-refractivity contribution >= 4 is 5.91 Å². The number of carbonyl (C=O) groups excluding carboxylic acids is 1. The molecule has 0 radical (unpaired) electrons. The number of likely N-dealkylation sites (tertiary alicyclic amines) is 2. The number of carbonyl (C=O) groups is 1. The van der Waals surface area contributed by atoms with E-state index in [4.69, 9.17) is 4.52 Å². The second-order valence-corrected chi connectivity index (χ2v) is 6.29. The van der Waals surface area contributed by atoms with Gasteiger partial charge < -0.3 is 9.42 Å². The zero-order valence-electron chi connectivity index (χ0n) is 12.9. The number of rotatable bonds is 2. The number of hydrogen-bond donors (Lipinski definition) is 0. The van der Waals surface area contributed by atoms with Crippen LogP contribution in [0.15, 0.2) is 4.52 Å². The van der Waals surface area contributed by atoms with Gasteiger partial charge in [0.25, 0.3) is 0 Å². The zero-order valence-corrected chi connectivity index (χ0v) is 12.9. The van der Waals surface area contributed by atoms with Crippen LogP contribution in [0.4, 0.5) is 0 Å². The van der Waals surface area contributed by atoms with Crippen LogP contribution in [0.1, 0.15) is 49.7 Å². The van der Waals surface area contributed by atoms with Gasteiger partial charge in [-0.2, -0.15) is 4.98 Å². The van der Waals surface area contributed by atoms with Crippen molar-refractivity contribution in [1.29, 1.82) is 0 Å². The lowest BCUT2D eigenvalue weighted by atomic mass is 9.95. The summed E-state index contributed by atoms with van der Waals surface area (Å²) in [5, 5.41) is 4.03. The molecule has 6 heteroatoms. The number of hydrogen-bond acceptors (Lipinski definition) is 5. The Morgan fingerprint density at radius 3 is 2.81 bits per heavy atom. The summed E-state index contributed by atoms with van der Waals surface area (Å²) in [6, 6.07) is 0.0597. The Hall–Kier alpha value is -1.43. The van der Waals surface area contributed by atoms with Crippen molar-refractivity contribution in [3.8, 4) is 0 Å². The average molecular weight is 292 g/mol. The Labute approximate surface area is 125 Å². The van der Waals surface area contributed by atoms with E-state index in [2.05, 4.69) is 22.1 Å². The van der Waals surface area contributed by atoms with Crippen molar-refractivity contribution in [1.82, 2.24) is 19.9 Å². The van der Waals surface area contributed by atoms with Crippen molar-refractivity contribution in [2.75, 3.05) is 26.7 Å². The van der Waals surface area contributed by atoms with Gasteiger partial charge in [-0.3, -0.25) is 9.69 Å². The molecule has 0 unspecified atom stereocenters. The smallest absolute Gasteiger partial charge is 0.239 e. The monoisotopic (exact) mass is 292 g/mol. The van der Waals surface area contributed by atoms with Crippen LogP contribution in [0.25, 0.3) is 0 Å². The SMILES string of the molecule is Cc1nc([C@@H]2CCCN(C(=O)[C@H]3CCCCN3C)C2)no1. The predicted octanol–water partition coefficient (Wildman–Crippen LogP) is 1.57. The van der Waals surface area contributed by atoms with Gasteiger partial charge in [-0.25, -0.2) is 0 Å². The molecule has 0 aromatic carbocycles. The predicted molar refractivity (Wildman–Crippen MR) is 77.9 cm³/mol. The number of piperidine rings is 2. The van der Waals surface area contributed by atoms with E-state index in [1.807, 2.05) is 4.90 Å². The highest BCUT2D eigenvalue weighted by Gasteiger charge is 2.33. The molecular weight excluding hydrogens is 268 g/mol. The summed E-state index contributed by atoms with van der Waals surface area (Å²) in [6.07, 6.45) is 5.38. The minimum Gasteiger partial charge on any atom is -0.341 e. The Bertz CT molecular complexity index is 502. The molecule has 2 fully saturated rings. The summed E-state index contributed by atoms with van der Waals surface area (Å²) < 4.78 is 5.07. The standard InChI is InChI=1S/C15H24N4O2/c1-11-16-14(17-21-11)12-6-5-9-19(10-12)15(20)13-7-3-4-8-18(13)2/h12-13H,3-10H2,1-2H3/t12-,13-/m1/s1. The summed E-state index contributed by atoms with van der Waals surface area (Å²) in [5.41, 5.74) is 0. The minimum atomic E-state index is 0.0597. The quantitative estimate of drug-likeness (QED) is 0.828. The van der Waals surface area contributed by atoms with Gasteiger partial charge in [-0.05, 0) is 39.3 Å². The maximum absolute atomic E-state index is 12.8. The van der Waals surface area contributed by atoms with Crippen LogP contribution in [0, 0.1) is 6.92 Å². The molecule has 3 heterocycles. The lowest BCUT2D eigenvalue weighted by molar-refractivity contribution is -0.138. The summed E-state index contributed by atoms with van der Waals surface area (Å²) >= 11 is 0. The molecule has 2 aliphatic rings. The fraction of sp³-hybridized carbons (Fsp3) is 0.800. The molecular formula is C15H24N4O2. The van der Waals surface area contributed by atoms with Crippen molar-refractivity contribution in [3.05, 3.63) is 11.7 Å². The van der Waals surface area contributed by atoms with Crippen LogP contribution in [0.3, 0.4) is 0 Å². The number of aromatic nitrogens is 2. The van der Waals surface area contributed by atoms with Crippen LogP contribution >= 0.6 is 0 Å². The molecule has 2 saturated heterocycles. The lowest BCUT2D eigenvalue weighted by Crippen LogP contribution is -2.51. The van der Waals surface area contributed by atoms with Crippen LogP contribution < -0.4 is 0 Å². The van der Waals surface area contributed by atoms with Crippen molar-refractivity contribution in [2.24, 2.45) is 0 Å². The third-order valence-electron chi connectivity index (χ3n) is 4.70. The molecule has 116 valence electrons. The molecule has 6 nitrogen and oxygen atoms in total. The zero-order chi connectivity index (χ0) is 14.8. The van der Waals surface area contributed by atoms with Gasteiger partial charge in [-0.15, -0.1) is 0 Å². The number of likely N-dealkylation sites (N-methyl/N-ethyl adjacent to an activating group) is 1. The van der Waals surface area contributed by atoms with Gasteiger partial charge in [0.2, 0.25) is 11.8 Å². The van der Waals surface area contributed by atoms with E-state index in [-0.39, 0.29) is 17.9 Å². The van der Waals surface area contributed by atoms with Gasteiger partial charge in [0.05, 0.1) is 6.04 Å². The summed E-state index contributed by atoms with van der Waals surface area (Å²) in [5.74, 6) is 1.85. The fourth-order valence-corrected chi connectivity index (χ4v) is 3.47. The molecule has 0 aliphatic carbocycles. The Balaban J connectivity index is 1.66. The molecule has 3 rings (SSSR count). The maximum Gasteiger partial charge on any atom is 0.239 e. The molecule has 0 N–H and O–H groups in total. The first-order valence-electron chi connectivity index (χ1n) is 7.94. The van der Waals surface area contributed by atoms with Gasteiger partial charge in [0.15, 0.2) is 5.82 Å². The highest BCUT2D eigenvalue weighted by atomic mass is 16.5. The van der Waals surface area contributed by atoms with E-state index in [0.29, 0.717) is 5.89 Å². The van der Waals surface area contributed by atoms with E-state index in [0.717, 1.165) is 51.1 Å². The summed E-state index contributed by atoms with van der Waals surface area (Å²) in [6.45, 7) is 4.41. The van der Waals surface area contributed by atoms with Gasteiger partial charge in [-0.1, -0.05) is 11.6 Å². The summed E-state index contributed by atoms with van der Waals surface area (Å²) in [7, 11) is 2.06. The first-order chi connectivity index (χ1) is 10.1. The van der Waals surface area contributed by atoms with E-state index in [9.17, 15) is 4.79 Å². The van der Waals surface area contributed by atoms with Crippen molar-refractivity contribution in [3.63, 3.8) is 0 Å². The Kier molecular flexibility index (Phi) is 4.24. The number of amides is 1. The van der Waals surface area contributed by atoms with Gasteiger partial charge in [0, 0.05) is 25.9 Å². The Morgan fingerprint density at radius 1 is 1.24 bits per heavy atom. The number of aryl methyl sites for hydroxylation is 1. The maximum atomic E-state index is 12.8. The van der Waals surface area contributed by atoms with Gasteiger partial charge >= 0.3 is 0 Å². The number of nitrogens with zero attached hydrogens (tertiary/aromatic N) is 4. The molecule has 1 amide bonds. The Morgan fingerprint density at radius 2 is 2.10 bits per heavy atom. The molecule has 2 aliphatic heterocycles. The van der Waals surface area contributed by atoms with Gasteiger partial charge in [0.1, 0.15) is 0 Å². The van der Waals surface area contributed by atoms with Crippen LogP contribution in [-0.2, 0) is 4.79 Å². The topological polar surface area (TPSA) is 62.5 Å². The fourth-order valence-electron chi connectivity index (χ4n) is 3.47. The average Bonchev–Trinajstić information content (AvgIpc) is 2.94. The molecule has 2 atom stereocenters.